The van der Waals surface area contributed by atoms with E-state index in [0.29, 0.717) is 24.3 Å². The van der Waals surface area contributed by atoms with Crippen molar-refractivity contribution in [3.8, 4) is 0 Å². The van der Waals surface area contributed by atoms with Crippen LogP contribution in [0.2, 0.25) is 0 Å². The van der Waals surface area contributed by atoms with E-state index in [-0.39, 0.29) is 11.8 Å². The van der Waals surface area contributed by atoms with Crippen LogP contribution in [-0.2, 0) is 4.79 Å². The lowest BCUT2D eigenvalue weighted by atomic mass is 9.90. The van der Waals surface area contributed by atoms with Gasteiger partial charge in [-0.2, -0.15) is 0 Å². The van der Waals surface area contributed by atoms with E-state index in [2.05, 4.69) is 48.7 Å². The first-order valence-electron chi connectivity index (χ1n) is 12.0. The van der Waals surface area contributed by atoms with Gasteiger partial charge in [0.15, 0.2) is 0 Å². The number of benzene rings is 2. The fourth-order valence-electron chi connectivity index (χ4n) is 3.93. The van der Waals surface area contributed by atoms with Gasteiger partial charge in [0.1, 0.15) is 6.04 Å². The maximum Gasteiger partial charge on any atom is 0.326 e. The van der Waals surface area contributed by atoms with Crippen LogP contribution in [-0.4, -0.2) is 29.6 Å². The molecule has 2 aromatic carbocycles. The highest BCUT2D eigenvalue weighted by Crippen LogP contribution is 2.36. The summed E-state index contributed by atoms with van der Waals surface area (Å²) in [5, 5.41) is 15.7. The Balaban J connectivity index is 1.69. The second kappa shape index (κ2) is 12.9. The molecule has 35 heavy (non-hydrogen) atoms. The van der Waals surface area contributed by atoms with Crippen molar-refractivity contribution in [2.24, 2.45) is 0 Å². The highest BCUT2D eigenvalue weighted by atomic mass is 32.1. The van der Waals surface area contributed by atoms with Gasteiger partial charge in [0.05, 0.1) is 4.88 Å². The van der Waals surface area contributed by atoms with E-state index in [0.717, 1.165) is 28.1 Å². The minimum atomic E-state index is -1.02. The number of carboxylic acids is 1. The van der Waals surface area contributed by atoms with Gasteiger partial charge in [0.25, 0.3) is 5.91 Å². The minimum absolute atomic E-state index is 0.00756. The van der Waals surface area contributed by atoms with Gasteiger partial charge in [-0.1, -0.05) is 73.2 Å². The van der Waals surface area contributed by atoms with Crippen LogP contribution in [0.25, 0.3) is 0 Å². The molecule has 3 rings (SSSR count). The van der Waals surface area contributed by atoms with Crippen molar-refractivity contribution >= 4 is 23.2 Å². The van der Waals surface area contributed by atoms with Crippen LogP contribution in [0, 0.1) is 0 Å². The second-order valence-corrected chi connectivity index (χ2v) is 9.76. The maximum atomic E-state index is 13.0. The van der Waals surface area contributed by atoms with E-state index in [4.69, 9.17) is 0 Å². The van der Waals surface area contributed by atoms with Crippen LogP contribution in [0.1, 0.15) is 71.6 Å². The van der Waals surface area contributed by atoms with E-state index >= 15 is 0 Å². The number of carboxylic acid groups (broad SMARTS) is 1. The minimum Gasteiger partial charge on any atom is -0.480 e. The van der Waals surface area contributed by atoms with Gasteiger partial charge in [-0.3, -0.25) is 4.79 Å². The molecule has 6 heteroatoms. The van der Waals surface area contributed by atoms with Gasteiger partial charge in [-0.05, 0) is 56.4 Å². The molecule has 0 fully saturated rings. The lowest BCUT2D eigenvalue weighted by Crippen LogP contribution is -2.40. The highest BCUT2D eigenvalue weighted by molar-refractivity contribution is 7.14. The normalized spacial score (nSPS) is 12.7. The average molecular weight is 491 g/mol. The molecule has 1 heterocycles. The molecule has 0 aliphatic heterocycles. The predicted octanol–water partition coefficient (Wildman–Crippen LogP) is 6.19. The van der Waals surface area contributed by atoms with Crippen molar-refractivity contribution in [3.63, 3.8) is 0 Å². The number of hydrogen-bond acceptors (Lipinski definition) is 4. The summed E-state index contributed by atoms with van der Waals surface area (Å²) in [7, 11) is 0. The molecule has 184 valence electrons. The number of carbonyl (C=O) groups excluding carboxylic acids is 1. The molecule has 0 aliphatic rings. The summed E-state index contributed by atoms with van der Waals surface area (Å²) in [4.78, 5) is 26.3. The van der Waals surface area contributed by atoms with E-state index in [1.807, 2.05) is 49.4 Å². The number of nitrogens with one attached hydrogen (secondary N) is 2. The number of rotatable bonds is 12. The van der Waals surface area contributed by atoms with Crippen molar-refractivity contribution in [1.29, 1.82) is 0 Å². The van der Waals surface area contributed by atoms with E-state index in [1.165, 1.54) is 16.9 Å². The molecule has 1 atom stereocenters. The van der Waals surface area contributed by atoms with Gasteiger partial charge in [0, 0.05) is 23.0 Å². The molecule has 0 aliphatic carbocycles. The molecule has 0 radical (unpaired) electrons. The first kappa shape index (κ1) is 26.2. The first-order valence-corrected chi connectivity index (χ1v) is 12.9. The molecule has 0 spiro atoms. The zero-order chi connectivity index (χ0) is 25.2. The molecule has 0 saturated carbocycles. The van der Waals surface area contributed by atoms with E-state index in [9.17, 15) is 14.7 Å². The van der Waals surface area contributed by atoms with Gasteiger partial charge < -0.3 is 15.7 Å². The Hall–Kier alpha value is -3.38. The summed E-state index contributed by atoms with van der Waals surface area (Å²) in [6.45, 7) is 6.88. The zero-order valence-electron chi connectivity index (χ0n) is 20.6. The van der Waals surface area contributed by atoms with Crippen LogP contribution in [0.4, 0.5) is 0 Å². The standard InChI is InChI=1S/C29H34N2O3S/c1-4-20(2)21(3)30-19-11-16-24(29(33)34)31-28(32)26-18-17-25(35-26)27(22-12-7-5-8-13-22)23-14-9-6-10-15-23/h5-10,12-15,17-18,24,27,30H,4,11,16,19H2,1-3H3,(H,31,32)(H,33,34)/b21-20-. The molecule has 3 N–H and O–H groups in total. The van der Waals surface area contributed by atoms with Crippen LogP contribution >= 0.6 is 11.3 Å². The van der Waals surface area contributed by atoms with Gasteiger partial charge >= 0.3 is 5.97 Å². The fraction of sp³-hybridized carbons (Fsp3) is 0.310. The number of aliphatic carboxylic acids is 1. The number of allylic oxidation sites excluding steroid dienone is 2. The summed E-state index contributed by atoms with van der Waals surface area (Å²) in [6, 6.07) is 23.2. The molecule has 5 nitrogen and oxygen atoms in total. The predicted molar refractivity (Wildman–Crippen MR) is 143 cm³/mol. The monoisotopic (exact) mass is 490 g/mol. The number of amides is 1. The van der Waals surface area contributed by atoms with Crippen LogP contribution in [0.3, 0.4) is 0 Å². The molecule has 1 amide bonds. The molecule has 1 aromatic heterocycles. The number of thiophene rings is 1. The molecular formula is C29H34N2O3S. The SMILES string of the molecule is CC/C(C)=C(/C)NCCCC(NC(=O)c1ccc(C(c2ccccc2)c2ccccc2)s1)C(=O)O. The quantitative estimate of drug-likeness (QED) is 0.265. The molecule has 0 saturated heterocycles. The first-order chi connectivity index (χ1) is 16.9. The van der Waals surface area contributed by atoms with Crippen molar-refractivity contribution in [3.05, 3.63) is 105 Å². The summed E-state index contributed by atoms with van der Waals surface area (Å²) in [5.41, 5.74) is 4.70. The third kappa shape index (κ3) is 7.30. The smallest absolute Gasteiger partial charge is 0.326 e. The average Bonchev–Trinajstić information content (AvgIpc) is 3.36. The number of carbonyl (C=O) groups is 2. The molecule has 1 unspecified atom stereocenters. The molecule has 0 bridgehead atoms. The molecular weight excluding hydrogens is 456 g/mol. The summed E-state index contributed by atoms with van der Waals surface area (Å²) in [5.74, 6) is -1.36. The topological polar surface area (TPSA) is 78.4 Å². The zero-order valence-corrected chi connectivity index (χ0v) is 21.4. The Morgan fingerprint density at radius 3 is 2.06 bits per heavy atom. The Morgan fingerprint density at radius 1 is 0.914 bits per heavy atom. The Morgan fingerprint density at radius 2 is 1.51 bits per heavy atom. The van der Waals surface area contributed by atoms with Gasteiger partial charge in [-0.25, -0.2) is 4.79 Å². The van der Waals surface area contributed by atoms with Crippen molar-refractivity contribution in [2.75, 3.05) is 6.54 Å². The Labute approximate surface area is 211 Å². The summed E-state index contributed by atoms with van der Waals surface area (Å²) in [6.07, 6.45) is 1.98. The van der Waals surface area contributed by atoms with Crippen molar-refractivity contribution < 1.29 is 14.7 Å². The fourth-order valence-corrected chi connectivity index (χ4v) is 4.99. The lowest BCUT2D eigenvalue weighted by Gasteiger charge is -2.17. The Bertz CT molecular complexity index is 1100. The van der Waals surface area contributed by atoms with Gasteiger partial charge in [0.2, 0.25) is 0 Å². The van der Waals surface area contributed by atoms with Gasteiger partial charge in [-0.15, -0.1) is 11.3 Å². The maximum absolute atomic E-state index is 13.0. The third-order valence-electron chi connectivity index (χ3n) is 6.23. The van der Waals surface area contributed by atoms with Crippen molar-refractivity contribution in [2.45, 2.75) is 52.0 Å². The van der Waals surface area contributed by atoms with Crippen LogP contribution in [0.15, 0.2) is 84.1 Å². The number of hydrogen-bond donors (Lipinski definition) is 3. The molecule has 3 aromatic rings. The Kier molecular flexibility index (Phi) is 9.67. The van der Waals surface area contributed by atoms with Crippen LogP contribution in [0.5, 0.6) is 0 Å². The van der Waals surface area contributed by atoms with Crippen molar-refractivity contribution in [1.82, 2.24) is 10.6 Å². The lowest BCUT2D eigenvalue weighted by molar-refractivity contribution is -0.139. The van der Waals surface area contributed by atoms with E-state index in [1.54, 1.807) is 6.07 Å². The third-order valence-corrected chi connectivity index (χ3v) is 7.38. The largest absolute Gasteiger partial charge is 0.480 e. The summed E-state index contributed by atoms with van der Waals surface area (Å²) >= 11 is 1.41. The summed E-state index contributed by atoms with van der Waals surface area (Å²) < 4.78 is 0. The highest BCUT2D eigenvalue weighted by Gasteiger charge is 2.23. The van der Waals surface area contributed by atoms with E-state index < -0.39 is 12.0 Å². The second-order valence-electron chi connectivity index (χ2n) is 8.65. The van der Waals surface area contributed by atoms with Crippen LogP contribution < -0.4 is 10.6 Å².